The van der Waals surface area contributed by atoms with Gasteiger partial charge in [-0.2, -0.15) is 0 Å². The van der Waals surface area contributed by atoms with E-state index in [1.807, 2.05) is 0 Å². The monoisotopic (exact) mass is 430 g/mol. The second-order valence-electron chi connectivity index (χ2n) is 9.54. The van der Waals surface area contributed by atoms with Crippen molar-refractivity contribution in [2.45, 2.75) is 32.9 Å². The Labute approximate surface area is 186 Å². The zero-order chi connectivity index (χ0) is 21.6. The van der Waals surface area contributed by atoms with Crippen LogP contribution in [0.15, 0.2) is 18.2 Å². The minimum Gasteiger partial charge on any atom is -0.493 e. The maximum Gasteiger partial charge on any atom is 0.234 e. The lowest BCUT2D eigenvalue weighted by Crippen LogP contribution is -2.51. The number of nitrogens with zero attached hydrogens (tertiary/aromatic N) is 3. The number of ether oxygens (including phenoxy) is 2. The highest BCUT2D eigenvalue weighted by Gasteiger charge is 2.23. The van der Waals surface area contributed by atoms with Crippen LogP contribution < -0.4 is 10.1 Å². The summed E-state index contributed by atoms with van der Waals surface area (Å²) in [4.78, 5) is 19.6. The first-order valence-corrected chi connectivity index (χ1v) is 11.8. The van der Waals surface area contributed by atoms with E-state index >= 15 is 0 Å². The minimum absolute atomic E-state index is 0.103. The first-order chi connectivity index (χ1) is 15.0. The van der Waals surface area contributed by atoms with E-state index in [9.17, 15) is 4.79 Å². The van der Waals surface area contributed by atoms with Crippen LogP contribution >= 0.6 is 0 Å². The number of nitrogens with one attached hydrogen (secondary N) is 1. The molecule has 3 aliphatic rings. The largest absolute Gasteiger partial charge is 0.493 e. The molecule has 4 rings (SSSR count). The van der Waals surface area contributed by atoms with E-state index < -0.39 is 0 Å². The van der Waals surface area contributed by atoms with Crippen LogP contribution in [0, 0.1) is 5.92 Å². The molecule has 0 saturated carbocycles. The third kappa shape index (κ3) is 6.65. The molecule has 31 heavy (non-hydrogen) atoms. The van der Waals surface area contributed by atoms with Gasteiger partial charge in [-0.3, -0.25) is 19.5 Å². The summed E-state index contributed by atoms with van der Waals surface area (Å²) in [6.07, 6.45) is 1.12. The highest BCUT2D eigenvalue weighted by atomic mass is 16.5. The van der Waals surface area contributed by atoms with Gasteiger partial charge in [-0.15, -0.1) is 0 Å². The number of carbonyl (C=O) groups is 1. The molecular formula is C24H38N4O3. The number of carbonyl (C=O) groups excluding carboxylic acids is 1. The van der Waals surface area contributed by atoms with Gasteiger partial charge in [-0.05, 0) is 23.1 Å². The molecule has 0 spiro atoms. The number of amides is 1. The quantitative estimate of drug-likeness (QED) is 0.669. The van der Waals surface area contributed by atoms with Gasteiger partial charge < -0.3 is 14.8 Å². The van der Waals surface area contributed by atoms with Crippen LogP contribution in [-0.4, -0.2) is 98.8 Å². The molecule has 7 heteroatoms. The van der Waals surface area contributed by atoms with Gasteiger partial charge in [0.25, 0.3) is 0 Å². The Hall–Kier alpha value is -1.67. The van der Waals surface area contributed by atoms with Crippen molar-refractivity contribution >= 4 is 5.91 Å². The van der Waals surface area contributed by atoms with E-state index in [-0.39, 0.29) is 12.0 Å². The van der Waals surface area contributed by atoms with Gasteiger partial charge >= 0.3 is 0 Å². The molecule has 2 fully saturated rings. The zero-order valence-corrected chi connectivity index (χ0v) is 19.1. The molecule has 0 radical (unpaired) electrons. The standard InChI is InChI=1S/C24H38N4O3/c1-19(2)15-28-10-12-30-22(17-28)14-25-24(29)18-27-8-6-26(7-9-27)16-20-3-4-23-21(13-20)5-11-31-23/h3-4,13,19,22H,5-12,14-18H2,1-2H3,(H,25,29). The van der Waals surface area contributed by atoms with Crippen LogP contribution in [0.3, 0.4) is 0 Å². The molecule has 0 bridgehead atoms. The summed E-state index contributed by atoms with van der Waals surface area (Å²) in [6.45, 7) is 15.0. The highest BCUT2D eigenvalue weighted by Crippen LogP contribution is 2.26. The van der Waals surface area contributed by atoms with Crippen LogP contribution in [0.1, 0.15) is 25.0 Å². The zero-order valence-electron chi connectivity index (χ0n) is 19.1. The summed E-state index contributed by atoms with van der Waals surface area (Å²) in [6, 6.07) is 6.58. The second-order valence-corrected chi connectivity index (χ2v) is 9.54. The smallest absolute Gasteiger partial charge is 0.234 e. The van der Waals surface area contributed by atoms with E-state index in [2.05, 4.69) is 52.1 Å². The molecule has 0 aromatic heterocycles. The van der Waals surface area contributed by atoms with E-state index in [0.29, 0.717) is 19.0 Å². The first kappa shape index (κ1) is 22.5. The molecule has 7 nitrogen and oxygen atoms in total. The van der Waals surface area contributed by atoms with Gasteiger partial charge in [0, 0.05) is 65.3 Å². The molecular weight excluding hydrogens is 392 g/mol. The minimum atomic E-state index is 0.103. The Morgan fingerprint density at radius 1 is 1.10 bits per heavy atom. The molecule has 2 saturated heterocycles. The number of morpholine rings is 1. The summed E-state index contributed by atoms with van der Waals surface area (Å²) < 4.78 is 11.4. The first-order valence-electron chi connectivity index (χ1n) is 11.8. The maximum absolute atomic E-state index is 12.4. The third-order valence-corrected chi connectivity index (χ3v) is 6.37. The Morgan fingerprint density at radius 3 is 2.71 bits per heavy atom. The van der Waals surface area contributed by atoms with E-state index in [0.717, 1.165) is 77.7 Å². The van der Waals surface area contributed by atoms with Gasteiger partial charge in [-0.25, -0.2) is 0 Å². The normalized spacial score (nSPS) is 23.0. The van der Waals surface area contributed by atoms with Crippen LogP contribution in [0.2, 0.25) is 0 Å². The predicted molar refractivity (Wildman–Crippen MR) is 121 cm³/mol. The van der Waals surface area contributed by atoms with Crippen molar-refractivity contribution in [3.63, 3.8) is 0 Å². The van der Waals surface area contributed by atoms with Crippen LogP contribution in [0.25, 0.3) is 0 Å². The molecule has 1 aromatic carbocycles. The van der Waals surface area contributed by atoms with E-state index in [1.165, 1.54) is 11.1 Å². The van der Waals surface area contributed by atoms with Crippen molar-refractivity contribution in [2.24, 2.45) is 5.92 Å². The summed E-state index contributed by atoms with van der Waals surface area (Å²) in [7, 11) is 0. The predicted octanol–water partition coefficient (Wildman–Crippen LogP) is 1.21. The molecule has 1 aromatic rings. The second kappa shape index (κ2) is 10.8. The van der Waals surface area contributed by atoms with Crippen molar-refractivity contribution in [3.8, 4) is 5.75 Å². The van der Waals surface area contributed by atoms with E-state index in [1.54, 1.807) is 0 Å². The van der Waals surface area contributed by atoms with Gasteiger partial charge in [0.15, 0.2) is 0 Å². The number of rotatable bonds is 8. The van der Waals surface area contributed by atoms with E-state index in [4.69, 9.17) is 9.47 Å². The maximum atomic E-state index is 12.4. The summed E-state index contributed by atoms with van der Waals surface area (Å²) >= 11 is 0. The van der Waals surface area contributed by atoms with Gasteiger partial charge in [0.1, 0.15) is 5.75 Å². The van der Waals surface area contributed by atoms with Crippen molar-refractivity contribution in [2.75, 3.05) is 72.1 Å². The topological polar surface area (TPSA) is 57.3 Å². The molecule has 3 aliphatic heterocycles. The average Bonchev–Trinajstić information content (AvgIpc) is 3.21. The fraction of sp³-hybridized carbons (Fsp3) is 0.708. The van der Waals surface area contributed by atoms with Crippen LogP contribution in [-0.2, 0) is 22.5 Å². The average molecular weight is 431 g/mol. The van der Waals surface area contributed by atoms with Crippen LogP contribution in [0.4, 0.5) is 0 Å². The number of hydrogen-bond acceptors (Lipinski definition) is 6. The fourth-order valence-corrected chi connectivity index (χ4v) is 4.77. The van der Waals surface area contributed by atoms with Crippen molar-refractivity contribution in [1.29, 1.82) is 0 Å². The highest BCUT2D eigenvalue weighted by molar-refractivity contribution is 5.78. The lowest BCUT2D eigenvalue weighted by atomic mass is 10.1. The third-order valence-electron chi connectivity index (χ3n) is 6.37. The number of hydrogen-bond donors (Lipinski definition) is 1. The molecule has 1 N–H and O–H groups in total. The number of fused-ring (bicyclic) bond motifs is 1. The van der Waals surface area contributed by atoms with Gasteiger partial charge in [-0.1, -0.05) is 26.0 Å². The van der Waals surface area contributed by atoms with Gasteiger partial charge in [0.05, 0.1) is 25.9 Å². The molecule has 1 amide bonds. The SMILES string of the molecule is CC(C)CN1CCOC(CNC(=O)CN2CCN(Cc3ccc4c(c3)CCO4)CC2)C1. The molecule has 1 unspecified atom stereocenters. The Balaban J connectivity index is 1.13. The number of piperazine rings is 1. The summed E-state index contributed by atoms with van der Waals surface area (Å²) in [5, 5.41) is 3.09. The molecule has 172 valence electrons. The lowest BCUT2D eigenvalue weighted by molar-refractivity contribution is -0.124. The van der Waals surface area contributed by atoms with Crippen molar-refractivity contribution in [1.82, 2.24) is 20.0 Å². The summed E-state index contributed by atoms with van der Waals surface area (Å²) in [5.74, 6) is 1.81. The molecule has 3 heterocycles. The van der Waals surface area contributed by atoms with Gasteiger partial charge in [0.2, 0.25) is 5.91 Å². The Morgan fingerprint density at radius 2 is 1.90 bits per heavy atom. The summed E-state index contributed by atoms with van der Waals surface area (Å²) in [5.41, 5.74) is 2.69. The number of benzene rings is 1. The molecule has 0 aliphatic carbocycles. The molecule has 1 atom stereocenters. The van der Waals surface area contributed by atoms with Crippen molar-refractivity contribution in [3.05, 3.63) is 29.3 Å². The van der Waals surface area contributed by atoms with Crippen molar-refractivity contribution < 1.29 is 14.3 Å². The Bertz CT molecular complexity index is 734. The fourth-order valence-electron chi connectivity index (χ4n) is 4.77. The lowest BCUT2D eigenvalue weighted by Gasteiger charge is -2.35. The van der Waals surface area contributed by atoms with Crippen LogP contribution in [0.5, 0.6) is 5.75 Å². The Kier molecular flexibility index (Phi) is 7.82.